The summed E-state index contributed by atoms with van der Waals surface area (Å²) in [6.45, 7) is 5.37. The van der Waals surface area contributed by atoms with Gasteiger partial charge in [-0.3, -0.25) is 14.0 Å². The van der Waals surface area contributed by atoms with Crippen molar-refractivity contribution in [2.24, 2.45) is 0 Å². The molecule has 146 valence electrons. The number of nitrogens with zero attached hydrogens (tertiary/aromatic N) is 3. The molecule has 4 aromatic rings. The molecular formula is C22H20N4O2S. The van der Waals surface area contributed by atoms with Gasteiger partial charge in [-0.2, -0.15) is 0 Å². The van der Waals surface area contributed by atoms with Crippen molar-refractivity contribution in [1.29, 1.82) is 0 Å². The second-order valence-corrected chi connectivity index (χ2v) is 8.21. The Morgan fingerprint density at radius 2 is 1.79 bits per heavy atom. The molecule has 7 heteroatoms. The molecule has 6 nitrogen and oxygen atoms in total. The van der Waals surface area contributed by atoms with E-state index in [-0.39, 0.29) is 16.9 Å². The third-order valence-corrected chi connectivity index (χ3v) is 5.76. The Kier molecular flexibility index (Phi) is 5.07. The topological polar surface area (TPSA) is 76.4 Å². The molecule has 1 atom stereocenters. The summed E-state index contributed by atoms with van der Waals surface area (Å²) in [5, 5.41) is 12.8. The lowest BCUT2D eigenvalue weighted by molar-refractivity contribution is -0.114. The number of hydrogen-bond donors (Lipinski definition) is 1. The predicted molar refractivity (Wildman–Crippen MR) is 116 cm³/mol. The summed E-state index contributed by atoms with van der Waals surface area (Å²) in [4.78, 5) is 24.0. The number of anilines is 1. The number of aryl methyl sites for hydroxylation is 1. The van der Waals surface area contributed by atoms with Crippen molar-refractivity contribution in [3.63, 3.8) is 0 Å². The van der Waals surface area contributed by atoms with Crippen LogP contribution in [0.5, 0.6) is 0 Å². The first-order chi connectivity index (χ1) is 13.9. The maximum Gasteiger partial charge on any atom is 0.221 e. The number of carbonyl (C=O) groups excluding carboxylic acids is 2. The Bertz CT molecular complexity index is 1230. The monoisotopic (exact) mass is 404 g/mol. The molecule has 29 heavy (non-hydrogen) atoms. The van der Waals surface area contributed by atoms with Crippen molar-refractivity contribution >= 4 is 45.7 Å². The van der Waals surface area contributed by atoms with Gasteiger partial charge in [0.1, 0.15) is 0 Å². The zero-order valence-corrected chi connectivity index (χ0v) is 17.2. The van der Waals surface area contributed by atoms with Crippen LogP contribution in [0, 0.1) is 6.92 Å². The lowest BCUT2D eigenvalue weighted by Gasteiger charge is -2.11. The zero-order valence-electron chi connectivity index (χ0n) is 16.3. The summed E-state index contributed by atoms with van der Waals surface area (Å²) in [5.41, 5.74) is 4.19. The van der Waals surface area contributed by atoms with E-state index in [1.807, 2.05) is 35.6 Å². The molecule has 0 spiro atoms. The first-order valence-electron chi connectivity index (χ1n) is 9.26. The summed E-state index contributed by atoms with van der Waals surface area (Å²) < 4.78 is 2.00. The van der Waals surface area contributed by atoms with Gasteiger partial charge in [0, 0.05) is 23.6 Å². The van der Waals surface area contributed by atoms with Crippen molar-refractivity contribution < 1.29 is 9.59 Å². The number of carbonyl (C=O) groups is 2. The molecular weight excluding hydrogens is 384 g/mol. The zero-order chi connectivity index (χ0) is 20.5. The Morgan fingerprint density at radius 1 is 1.07 bits per heavy atom. The van der Waals surface area contributed by atoms with Gasteiger partial charge in [-0.25, -0.2) is 0 Å². The van der Waals surface area contributed by atoms with Crippen molar-refractivity contribution in [2.75, 3.05) is 5.32 Å². The number of amides is 1. The largest absolute Gasteiger partial charge is 0.326 e. The molecule has 1 amide bonds. The van der Waals surface area contributed by atoms with E-state index < -0.39 is 0 Å². The van der Waals surface area contributed by atoms with Crippen molar-refractivity contribution in [2.45, 2.75) is 31.2 Å². The minimum Gasteiger partial charge on any atom is -0.326 e. The number of pyridine rings is 1. The first kappa shape index (κ1) is 19.1. The number of thioether (sulfide) groups is 1. The van der Waals surface area contributed by atoms with Crippen LogP contribution in [0.25, 0.3) is 16.6 Å². The lowest BCUT2D eigenvalue weighted by atomic mass is 10.1. The number of benzene rings is 2. The van der Waals surface area contributed by atoms with Crippen LogP contribution in [0.2, 0.25) is 0 Å². The number of fused-ring (bicyclic) bond motifs is 3. The summed E-state index contributed by atoms with van der Waals surface area (Å²) >= 11 is 1.39. The van der Waals surface area contributed by atoms with E-state index >= 15 is 0 Å². The fourth-order valence-corrected chi connectivity index (χ4v) is 4.26. The summed E-state index contributed by atoms with van der Waals surface area (Å²) in [6, 6.07) is 17.0. The molecule has 0 aliphatic carbocycles. The van der Waals surface area contributed by atoms with Crippen molar-refractivity contribution in [3.05, 3.63) is 65.7 Å². The fraction of sp³-hybridized carbons (Fsp3) is 0.182. The van der Waals surface area contributed by atoms with Crippen molar-refractivity contribution in [3.8, 4) is 0 Å². The number of rotatable bonds is 5. The average molecular weight is 404 g/mol. The number of nitrogens with one attached hydrogen (secondary N) is 1. The van der Waals surface area contributed by atoms with Crippen LogP contribution < -0.4 is 5.32 Å². The quantitative estimate of drug-likeness (QED) is 0.391. The third kappa shape index (κ3) is 3.73. The Morgan fingerprint density at radius 3 is 2.52 bits per heavy atom. The second-order valence-electron chi connectivity index (χ2n) is 6.90. The van der Waals surface area contributed by atoms with E-state index in [1.165, 1.54) is 18.7 Å². The van der Waals surface area contributed by atoms with Crippen molar-refractivity contribution in [1.82, 2.24) is 14.6 Å². The normalized spacial score (nSPS) is 12.2. The third-order valence-electron chi connectivity index (χ3n) is 4.71. The van der Waals surface area contributed by atoms with E-state index in [1.54, 1.807) is 24.3 Å². The molecule has 1 unspecified atom stereocenters. The number of ketones is 1. The molecule has 2 aromatic carbocycles. The maximum atomic E-state index is 12.9. The summed E-state index contributed by atoms with van der Waals surface area (Å²) in [6.07, 6.45) is 0. The smallest absolute Gasteiger partial charge is 0.221 e. The molecule has 0 bridgehead atoms. The molecule has 4 rings (SSSR count). The van der Waals surface area contributed by atoms with Crippen LogP contribution in [0.1, 0.15) is 29.8 Å². The van der Waals surface area contributed by atoms with Gasteiger partial charge >= 0.3 is 0 Å². The van der Waals surface area contributed by atoms with Crippen LogP contribution in [0.15, 0.2) is 59.8 Å². The van der Waals surface area contributed by atoms with Crippen LogP contribution in [0.3, 0.4) is 0 Å². The van der Waals surface area contributed by atoms with Gasteiger partial charge in [-0.15, -0.1) is 10.2 Å². The molecule has 2 aromatic heterocycles. The molecule has 1 N–H and O–H groups in total. The summed E-state index contributed by atoms with van der Waals surface area (Å²) in [5.74, 6) is -0.147. The van der Waals surface area contributed by atoms with E-state index in [4.69, 9.17) is 0 Å². The fourth-order valence-electron chi connectivity index (χ4n) is 3.32. The Balaban J connectivity index is 1.62. The number of Topliss-reactive ketones (excluding diaryl/α,β-unsaturated/α-hetero) is 1. The van der Waals surface area contributed by atoms with Gasteiger partial charge in [0.2, 0.25) is 5.91 Å². The molecule has 0 aliphatic heterocycles. The SMILES string of the molecule is CC(=O)Nc1ccc(C(=O)C(C)Sc2nnc3cc(C)c4ccccc4n23)cc1. The molecule has 0 radical (unpaired) electrons. The minimum absolute atomic E-state index is 0.00228. The summed E-state index contributed by atoms with van der Waals surface area (Å²) in [7, 11) is 0. The molecule has 0 saturated carbocycles. The van der Waals surface area contributed by atoms with Gasteiger partial charge in [0.25, 0.3) is 0 Å². The average Bonchev–Trinajstić information content (AvgIpc) is 3.10. The Hall–Kier alpha value is -3.19. The second kappa shape index (κ2) is 7.67. The van der Waals surface area contributed by atoms with E-state index in [0.717, 1.165) is 22.1 Å². The molecule has 0 saturated heterocycles. The van der Waals surface area contributed by atoms with Crippen LogP contribution >= 0.6 is 11.8 Å². The van der Waals surface area contributed by atoms with Gasteiger partial charge in [0.05, 0.1) is 10.8 Å². The number of hydrogen-bond acceptors (Lipinski definition) is 5. The van der Waals surface area contributed by atoms with E-state index in [0.29, 0.717) is 16.4 Å². The predicted octanol–water partition coefficient (Wildman–Crippen LogP) is 4.51. The number of para-hydroxylation sites is 1. The highest BCUT2D eigenvalue weighted by Crippen LogP contribution is 2.29. The standard InChI is InChI=1S/C22H20N4O2S/c1-13-12-20-24-25-22(26(20)19-7-5-4-6-18(13)19)29-14(2)21(28)16-8-10-17(11-9-16)23-15(3)27/h4-12,14H,1-3H3,(H,23,27). The van der Waals surface area contributed by atoms with Crippen LogP contribution in [-0.4, -0.2) is 31.5 Å². The highest BCUT2D eigenvalue weighted by molar-refractivity contribution is 8.00. The maximum absolute atomic E-state index is 12.9. The van der Waals surface area contributed by atoms with Crippen LogP contribution in [-0.2, 0) is 4.79 Å². The van der Waals surface area contributed by atoms with E-state index in [9.17, 15) is 9.59 Å². The van der Waals surface area contributed by atoms with E-state index in [2.05, 4.69) is 28.5 Å². The van der Waals surface area contributed by atoms with Gasteiger partial charge < -0.3 is 5.32 Å². The van der Waals surface area contributed by atoms with Gasteiger partial charge in [-0.05, 0) is 55.8 Å². The molecule has 0 aliphatic rings. The minimum atomic E-state index is -0.339. The number of aromatic nitrogens is 3. The van der Waals surface area contributed by atoms with Gasteiger partial charge in [-0.1, -0.05) is 30.0 Å². The lowest BCUT2D eigenvalue weighted by Crippen LogP contribution is -2.14. The molecule has 2 heterocycles. The highest BCUT2D eigenvalue weighted by Gasteiger charge is 2.20. The molecule has 0 fully saturated rings. The van der Waals surface area contributed by atoms with Crippen LogP contribution in [0.4, 0.5) is 5.69 Å². The Labute approximate surface area is 172 Å². The highest BCUT2D eigenvalue weighted by atomic mass is 32.2. The first-order valence-corrected chi connectivity index (χ1v) is 10.1. The van der Waals surface area contributed by atoms with Gasteiger partial charge in [0.15, 0.2) is 16.6 Å².